The summed E-state index contributed by atoms with van der Waals surface area (Å²) in [6, 6.07) is 7.96. The summed E-state index contributed by atoms with van der Waals surface area (Å²) in [5.74, 6) is -1.21. The molecule has 0 heterocycles. The Hall–Kier alpha value is -3.28. The second kappa shape index (κ2) is 13.8. The van der Waals surface area contributed by atoms with Gasteiger partial charge in [-0.2, -0.15) is 0 Å². The largest absolute Gasteiger partial charge is 0.497 e. The molecule has 0 saturated heterocycles. The molecule has 8 atom stereocenters. The van der Waals surface area contributed by atoms with E-state index < -0.39 is 47.2 Å². The van der Waals surface area contributed by atoms with Crippen molar-refractivity contribution < 1.29 is 33.3 Å². The summed E-state index contributed by atoms with van der Waals surface area (Å²) in [5.41, 5.74) is -2.85. The zero-order chi connectivity index (χ0) is 32.0. The predicted molar refractivity (Wildman–Crippen MR) is 163 cm³/mol. The molecule has 0 aliphatic heterocycles. The number of ether oxygens (including phenoxy) is 1. The number of allylic oxidation sites excluding steroid dienone is 4. The van der Waals surface area contributed by atoms with Crippen molar-refractivity contribution in [3.8, 4) is 18.6 Å². The van der Waals surface area contributed by atoms with Gasteiger partial charge < -0.3 is 19.8 Å². The van der Waals surface area contributed by atoms with Gasteiger partial charge in [-0.1, -0.05) is 13.0 Å². The van der Waals surface area contributed by atoms with Crippen molar-refractivity contribution >= 4 is 17.3 Å². The Morgan fingerprint density at radius 1 is 1.14 bits per heavy atom. The number of anilines is 1. The zero-order valence-electron chi connectivity index (χ0n) is 25.4. The summed E-state index contributed by atoms with van der Waals surface area (Å²) in [5, 5.41) is 20.3. The smallest absolute Gasteiger partial charge is 0.178 e. The van der Waals surface area contributed by atoms with Crippen molar-refractivity contribution in [2.24, 2.45) is 28.6 Å². The molecule has 0 radical (unpaired) electrons. The average molecular weight is 586 g/mol. The summed E-state index contributed by atoms with van der Waals surface area (Å²) >= 11 is 0. The number of halogens is 2. The number of fused-ring (bicyclic) bond motifs is 5. The highest BCUT2D eigenvalue weighted by Crippen LogP contribution is 2.69. The zero-order valence-corrected chi connectivity index (χ0v) is 25.4. The van der Waals surface area contributed by atoms with Crippen molar-refractivity contribution in [3.63, 3.8) is 0 Å². The van der Waals surface area contributed by atoms with Gasteiger partial charge >= 0.3 is 0 Å². The van der Waals surface area contributed by atoms with E-state index >= 15 is 8.78 Å². The number of carbonyl (C=O) groups excluding carboxylic acids is 2. The summed E-state index contributed by atoms with van der Waals surface area (Å²) in [7, 11) is 5.70. The van der Waals surface area contributed by atoms with E-state index in [1.165, 1.54) is 23.9 Å². The number of carbonyl (C=O) groups is 2. The predicted octanol–water partition coefficient (Wildman–Crippen LogP) is 5.30. The Morgan fingerprint density at radius 3 is 2.26 bits per heavy atom. The van der Waals surface area contributed by atoms with Gasteiger partial charge in [0.2, 0.25) is 0 Å². The highest BCUT2D eigenvalue weighted by molar-refractivity contribution is 6.01. The van der Waals surface area contributed by atoms with Gasteiger partial charge in [0.05, 0.1) is 13.2 Å². The SMILES string of the molecule is C#C.C=C.COc1ccc(N(C)C)cc1.C[C@]12C[C@H](O)[C@@]3(F)[C@@H](C[C@H](F)C4=CC(=O)C=C[C@@]43C)C1CCC2C(=O)CO. The van der Waals surface area contributed by atoms with Crippen molar-refractivity contribution in [1.82, 2.24) is 0 Å². The number of rotatable bonds is 4. The van der Waals surface area contributed by atoms with E-state index in [0.717, 1.165) is 5.75 Å². The van der Waals surface area contributed by atoms with Gasteiger partial charge in [-0.15, -0.1) is 26.0 Å². The van der Waals surface area contributed by atoms with Crippen molar-refractivity contribution in [1.29, 1.82) is 0 Å². The number of alkyl halides is 2. The number of aliphatic hydroxyl groups excluding tert-OH is 2. The first kappa shape index (κ1) is 34.9. The first-order valence-electron chi connectivity index (χ1n) is 14.1. The van der Waals surface area contributed by atoms with Crippen LogP contribution in [0.2, 0.25) is 0 Å². The van der Waals surface area contributed by atoms with E-state index in [2.05, 4.69) is 30.9 Å². The van der Waals surface area contributed by atoms with Gasteiger partial charge in [0.25, 0.3) is 0 Å². The summed E-state index contributed by atoms with van der Waals surface area (Å²) < 4.78 is 36.8. The Balaban J connectivity index is 0.000000345. The molecule has 6 nitrogen and oxygen atoms in total. The van der Waals surface area contributed by atoms with Crippen LogP contribution in [0.25, 0.3) is 0 Å². The van der Waals surface area contributed by atoms with Crippen LogP contribution >= 0.6 is 0 Å². The standard InChI is InChI=1S/C21H26F2O4.C9H13NO.C2H4.C2H2/c1-19-9-18(27)21(23)14(12(19)3-4-13(19)17(26)10-24)8-16(22)15-7-11(25)5-6-20(15,21)2;1-10(2)8-4-6-9(11-3)7-5-8;2*1-2/h5-7,12-14,16,18,24,27H,3-4,8-10H2,1-2H3;4-7H,1-3H3;1-2H2;1-2H/t12?,13?,14-,16-,18-,19-,20-,21-;;;/m0.../s1. The minimum atomic E-state index is -2.10. The van der Waals surface area contributed by atoms with Gasteiger partial charge in [-0.3, -0.25) is 9.59 Å². The van der Waals surface area contributed by atoms with Crippen LogP contribution in [0.4, 0.5) is 14.5 Å². The fourth-order valence-corrected chi connectivity index (χ4v) is 7.72. The maximum atomic E-state index is 16.7. The van der Waals surface area contributed by atoms with Crippen LogP contribution in [0.3, 0.4) is 0 Å². The monoisotopic (exact) mass is 585 g/mol. The van der Waals surface area contributed by atoms with E-state index in [4.69, 9.17) is 4.74 Å². The van der Waals surface area contributed by atoms with Crippen LogP contribution in [0, 0.1) is 41.4 Å². The van der Waals surface area contributed by atoms with Gasteiger partial charge in [-0.05, 0) is 85.9 Å². The number of Topliss-reactive ketones (excluding diaryl/α,β-unsaturated/α-hetero) is 1. The molecule has 0 bridgehead atoms. The van der Waals surface area contributed by atoms with Crippen LogP contribution in [-0.2, 0) is 9.59 Å². The van der Waals surface area contributed by atoms with Crippen molar-refractivity contribution in [3.05, 3.63) is 61.2 Å². The molecule has 4 aliphatic rings. The third-order valence-electron chi connectivity index (χ3n) is 9.76. The lowest BCUT2D eigenvalue weighted by atomic mass is 9.45. The number of nitrogens with zero attached hydrogens (tertiary/aromatic N) is 1. The van der Waals surface area contributed by atoms with Crippen molar-refractivity contribution in [2.45, 2.75) is 57.5 Å². The minimum Gasteiger partial charge on any atom is -0.497 e. The number of ketones is 2. The second-order valence-corrected chi connectivity index (χ2v) is 11.8. The van der Waals surface area contributed by atoms with Crippen LogP contribution in [0.5, 0.6) is 5.75 Å². The number of terminal acetylenes is 1. The summed E-state index contributed by atoms with van der Waals surface area (Å²) in [6.07, 6.45) is 10.1. The molecule has 0 spiro atoms. The first-order chi connectivity index (χ1) is 19.8. The Morgan fingerprint density at radius 2 is 1.74 bits per heavy atom. The maximum Gasteiger partial charge on any atom is 0.178 e. The highest BCUT2D eigenvalue weighted by atomic mass is 19.1. The number of benzene rings is 1. The molecule has 4 aliphatic carbocycles. The summed E-state index contributed by atoms with van der Waals surface area (Å²) in [4.78, 5) is 26.1. The lowest BCUT2D eigenvalue weighted by Gasteiger charge is -2.62. The van der Waals surface area contributed by atoms with Gasteiger partial charge in [-0.25, -0.2) is 8.78 Å². The maximum absolute atomic E-state index is 16.7. The minimum absolute atomic E-state index is 0.0860. The highest BCUT2D eigenvalue weighted by Gasteiger charge is 2.72. The lowest BCUT2D eigenvalue weighted by Crippen LogP contribution is -2.68. The number of hydrogen-bond donors (Lipinski definition) is 2. The molecule has 2 unspecified atom stereocenters. The van der Waals surface area contributed by atoms with Gasteiger partial charge in [0.15, 0.2) is 17.2 Å². The molecule has 0 aromatic heterocycles. The molecular weight excluding hydrogens is 540 g/mol. The van der Waals surface area contributed by atoms with Crippen LogP contribution in [-0.4, -0.2) is 67.5 Å². The Kier molecular flexibility index (Phi) is 11.5. The second-order valence-electron chi connectivity index (χ2n) is 11.8. The van der Waals surface area contributed by atoms with E-state index in [0.29, 0.717) is 12.8 Å². The molecule has 2 N–H and O–H groups in total. The number of methoxy groups -OCH3 is 1. The van der Waals surface area contributed by atoms with Crippen LogP contribution in [0.15, 0.2) is 61.2 Å². The quantitative estimate of drug-likeness (QED) is 0.369. The topological polar surface area (TPSA) is 87.1 Å². The molecule has 1 aromatic rings. The molecule has 0 amide bonds. The van der Waals surface area contributed by atoms with E-state index in [9.17, 15) is 19.8 Å². The van der Waals surface area contributed by atoms with E-state index in [1.54, 1.807) is 14.0 Å². The normalized spacial score (nSPS) is 35.5. The van der Waals surface area contributed by atoms with Crippen LogP contribution in [0.1, 0.15) is 39.5 Å². The lowest BCUT2D eigenvalue weighted by molar-refractivity contribution is -0.202. The van der Waals surface area contributed by atoms with E-state index in [1.807, 2.05) is 45.3 Å². The van der Waals surface area contributed by atoms with Crippen molar-refractivity contribution in [2.75, 3.05) is 32.7 Å². The van der Waals surface area contributed by atoms with E-state index in [-0.39, 0.29) is 35.9 Å². The molecule has 5 rings (SSSR count). The Bertz CT molecular complexity index is 1190. The first-order valence-corrected chi connectivity index (χ1v) is 14.1. The molecule has 3 fully saturated rings. The van der Waals surface area contributed by atoms with Gasteiger partial charge in [0.1, 0.15) is 18.5 Å². The average Bonchev–Trinajstić information content (AvgIpc) is 3.34. The molecule has 230 valence electrons. The van der Waals surface area contributed by atoms with Gasteiger partial charge in [0, 0.05) is 37.0 Å². The number of hydrogen-bond acceptors (Lipinski definition) is 6. The van der Waals surface area contributed by atoms with Crippen LogP contribution < -0.4 is 9.64 Å². The molecule has 42 heavy (non-hydrogen) atoms. The molecule has 3 saturated carbocycles. The summed E-state index contributed by atoms with van der Waals surface area (Å²) in [6.45, 7) is 8.86. The number of aliphatic hydroxyl groups is 2. The molecule has 1 aromatic carbocycles. The molecular formula is C34H45F2NO5. The third-order valence-corrected chi connectivity index (χ3v) is 9.76. The Labute approximate surface area is 249 Å². The fraction of sp³-hybridized carbons (Fsp3) is 0.529. The fourth-order valence-electron chi connectivity index (χ4n) is 7.72. The third kappa shape index (κ3) is 5.82. The molecule has 8 heteroatoms.